The van der Waals surface area contributed by atoms with Gasteiger partial charge in [0.05, 0.1) is 0 Å². The van der Waals surface area contributed by atoms with Crippen LogP contribution in [0.2, 0.25) is 0 Å². The molecule has 1 saturated heterocycles. The summed E-state index contributed by atoms with van der Waals surface area (Å²) in [5, 5.41) is 11.0. The molecular formula is C11H21N3O4. The molecule has 0 saturated carbocycles. The van der Waals surface area contributed by atoms with Crippen LogP contribution in [0.3, 0.4) is 0 Å². The van der Waals surface area contributed by atoms with Crippen molar-refractivity contribution in [2.24, 2.45) is 0 Å². The number of carboxylic acid groups (broad SMARTS) is 1. The fourth-order valence-electron chi connectivity index (χ4n) is 1.93. The summed E-state index contributed by atoms with van der Waals surface area (Å²) >= 11 is 0. The van der Waals surface area contributed by atoms with Crippen molar-refractivity contribution in [3.05, 3.63) is 0 Å². The number of carbonyl (C=O) groups excluding carboxylic acids is 1. The van der Waals surface area contributed by atoms with E-state index < -0.39 is 18.6 Å². The third kappa shape index (κ3) is 5.83. The Bertz CT molecular complexity index is 279. The molecular weight excluding hydrogens is 238 g/mol. The molecule has 1 atom stereocenters. The zero-order chi connectivity index (χ0) is 13.4. The molecule has 0 spiro atoms. The quantitative estimate of drug-likeness (QED) is 0.592. The third-order valence-corrected chi connectivity index (χ3v) is 2.93. The van der Waals surface area contributed by atoms with Gasteiger partial charge >= 0.3 is 12.0 Å². The van der Waals surface area contributed by atoms with Gasteiger partial charge in [0.2, 0.25) is 0 Å². The maximum absolute atomic E-state index is 11.3. The van der Waals surface area contributed by atoms with Crippen molar-refractivity contribution >= 4 is 12.0 Å². The number of piperidine rings is 1. The fraction of sp³-hybridized carbons (Fsp3) is 0.818. The molecule has 3 N–H and O–H groups in total. The standard InChI is InChI=1S/C11H21N3O4/c1-9(14-5-3-2-4-6-14)7-12-11(17)13-18-8-10(15)16/h9H,2-8H2,1H3,(H,15,16)(H2,12,13,17). The number of aliphatic carboxylic acids is 1. The predicted molar refractivity (Wildman–Crippen MR) is 65.0 cm³/mol. The Hall–Kier alpha value is -1.34. The first-order chi connectivity index (χ1) is 8.59. The monoisotopic (exact) mass is 259 g/mol. The molecule has 0 aromatic carbocycles. The minimum Gasteiger partial charge on any atom is -0.479 e. The van der Waals surface area contributed by atoms with Crippen LogP contribution in [0, 0.1) is 0 Å². The highest BCUT2D eigenvalue weighted by Crippen LogP contribution is 2.11. The predicted octanol–water partition coefficient (Wildman–Crippen LogP) is 0.176. The van der Waals surface area contributed by atoms with Crippen molar-refractivity contribution in [3.63, 3.8) is 0 Å². The SMILES string of the molecule is CC(CNC(=O)NOCC(=O)O)N1CCCCC1. The molecule has 1 unspecified atom stereocenters. The number of hydrogen-bond acceptors (Lipinski definition) is 4. The first-order valence-corrected chi connectivity index (χ1v) is 6.21. The summed E-state index contributed by atoms with van der Waals surface area (Å²) in [5.74, 6) is -1.13. The van der Waals surface area contributed by atoms with Crippen molar-refractivity contribution in [3.8, 4) is 0 Å². The van der Waals surface area contributed by atoms with Gasteiger partial charge in [-0.3, -0.25) is 9.74 Å². The first-order valence-electron chi connectivity index (χ1n) is 6.21. The lowest BCUT2D eigenvalue weighted by Gasteiger charge is -2.32. The number of amides is 2. The molecule has 0 radical (unpaired) electrons. The second-order valence-electron chi connectivity index (χ2n) is 4.44. The Morgan fingerprint density at radius 2 is 2.00 bits per heavy atom. The average Bonchev–Trinajstić information content (AvgIpc) is 2.36. The molecule has 0 aromatic rings. The van der Waals surface area contributed by atoms with Gasteiger partial charge in [-0.05, 0) is 32.9 Å². The van der Waals surface area contributed by atoms with Crippen molar-refractivity contribution in [1.29, 1.82) is 0 Å². The van der Waals surface area contributed by atoms with Gasteiger partial charge in [-0.25, -0.2) is 15.1 Å². The van der Waals surface area contributed by atoms with Crippen molar-refractivity contribution in [2.75, 3.05) is 26.2 Å². The average molecular weight is 259 g/mol. The Kier molecular flexibility index (Phi) is 6.45. The summed E-state index contributed by atoms with van der Waals surface area (Å²) in [5.41, 5.74) is 2.02. The second kappa shape index (κ2) is 7.88. The van der Waals surface area contributed by atoms with Gasteiger partial charge in [-0.15, -0.1) is 0 Å². The van der Waals surface area contributed by atoms with E-state index in [-0.39, 0.29) is 6.04 Å². The minimum atomic E-state index is -1.13. The Labute approximate surface area is 106 Å². The van der Waals surface area contributed by atoms with E-state index in [2.05, 4.69) is 22.0 Å². The maximum Gasteiger partial charge on any atom is 0.338 e. The van der Waals surface area contributed by atoms with Crippen molar-refractivity contribution in [1.82, 2.24) is 15.7 Å². The molecule has 0 bridgehead atoms. The molecule has 7 nitrogen and oxygen atoms in total. The molecule has 1 heterocycles. The van der Waals surface area contributed by atoms with Crippen LogP contribution in [-0.4, -0.2) is 54.3 Å². The lowest BCUT2D eigenvalue weighted by Crippen LogP contribution is -2.46. The van der Waals surface area contributed by atoms with Crippen LogP contribution in [-0.2, 0) is 9.63 Å². The number of urea groups is 1. The number of carbonyl (C=O) groups is 2. The molecule has 1 aliphatic rings. The number of rotatable bonds is 6. The van der Waals surface area contributed by atoms with Crippen LogP contribution in [0.4, 0.5) is 4.79 Å². The summed E-state index contributed by atoms with van der Waals surface area (Å²) in [6.45, 7) is 4.17. The number of nitrogens with zero attached hydrogens (tertiary/aromatic N) is 1. The zero-order valence-corrected chi connectivity index (χ0v) is 10.6. The zero-order valence-electron chi connectivity index (χ0n) is 10.6. The summed E-state index contributed by atoms with van der Waals surface area (Å²) in [7, 11) is 0. The van der Waals surface area contributed by atoms with Gasteiger partial charge < -0.3 is 10.4 Å². The normalized spacial score (nSPS) is 18.1. The molecule has 2 amide bonds. The number of hydroxylamine groups is 1. The third-order valence-electron chi connectivity index (χ3n) is 2.93. The van der Waals surface area contributed by atoms with E-state index in [1.54, 1.807) is 0 Å². The van der Waals surface area contributed by atoms with Crippen LogP contribution in [0.1, 0.15) is 26.2 Å². The van der Waals surface area contributed by atoms with Crippen LogP contribution in [0.5, 0.6) is 0 Å². The lowest BCUT2D eigenvalue weighted by molar-refractivity contribution is -0.144. The molecule has 18 heavy (non-hydrogen) atoms. The van der Waals surface area contributed by atoms with Gasteiger partial charge in [-0.1, -0.05) is 6.42 Å². The Morgan fingerprint density at radius 1 is 1.33 bits per heavy atom. The highest BCUT2D eigenvalue weighted by Gasteiger charge is 2.16. The van der Waals surface area contributed by atoms with Gasteiger partial charge in [0, 0.05) is 12.6 Å². The number of hydrogen-bond donors (Lipinski definition) is 3. The summed E-state index contributed by atoms with van der Waals surface area (Å²) in [6, 6.07) is -0.240. The smallest absolute Gasteiger partial charge is 0.338 e. The van der Waals surface area contributed by atoms with Gasteiger partial charge in [-0.2, -0.15) is 0 Å². The Balaban J connectivity index is 2.11. The molecule has 7 heteroatoms. The lowest BCUT2D eigenvalue weighted by atomic mass is 10.1. The van der Waals surface area contributed by atoms with E-state index >= 15 is 0 Å². The largest absolute Gasteiger partial charge is 0.479 e. The highest BCUT2D eigenvalue weighted by atomic mass is 16.7. The second-order valence-corrected chi connectivity index (χ2v) is 4.44. The van der Waals surface area contributed by atoms with E-state index in [1.807, 2.05) is 5.48 Å². The van der Waals surface area contributed by atoms with E-state index in [0.29, 0.717) is 6.54 Å². The van der Waals surface area contributed by atoms with Crippen molar-refractivity contribution in [2.45, 2.75) is 32.2 Å². The van der Waals surface area contributed by atoms with E-state index in [1.165, 1.54) is 19.3 Å². The van der Waals surface area contributed by atoms with Crippen LogP contribution >= 0.6 is 0 Å². The molecule has 1 aliphatic heterocycles. The van der Waals surface area contributed by atoms with E-state index in [9.17, 15) is 9.59 Å². The maximum atomic E-state index is 11.3. The highest BCUT2D eigenvalue weighted by molar-refractivity contribution is 5.73. The van der Waals surface area contributed by atoms with E-state index in [0.717, 1.165) is 13.1 Å². The fourth-order valence-corrected chi connectivity index (χ4v) is 1.93. The summed E-state index contributed by atoms with van der Waals surface area (Å²) in [4.78, 5) is 28.2. The summed E-state index contributed by atoms with van der Waals surface area (Å²) < 4.78 is 0. The van der Waals surface area contributed by atoms with Crippen molar-refractivity contribution < 1.29 is 19.5 Å². The number of nitrogens with one attached hydrogen (secondary N) is 2. The molecule has 1 rings (SSSR count). The van der Waals surface area contributed by atoms with Gasteiger partial charge in [0.1, 0.15) is 0 Å². The summed E-state index contributed by atoms with van der Waals surface area (Å²) in [6.07, 6.45) is 3.69. The first kappa shape index (κ1) is 14.7. The topological polar surface area (TPSA) is 90.9 Å². The van der Waals surface area contributed by atoms with Crippen LogP contribution in [0.15, 0.2) is 0 Å². The van der Waals surface area contributed by atoms with Crippen LogP contribution < -0.4 is 10.8 Å². The number of likely N-dealkylation sites (tertiary alicyclic amines) is 1. The van der Waals surface area contributed by atoms with Gasteiger partial charge in [0.15, 0.2) is 6.61 Å². The molecule has 0 aliphatic carbocycles. The van der Waals surface area contributed by atoms with Gasteiger partial charge in [0.25, 0.3) is 0 Å². The molecule has 104 valence electrons. The molecule has 1 fully saturated rings. The molecule has 0 aromatic heterocycles. The number of carboxylic acids is 1. The van der Waals surface area contributed by atoms with E-state index in [4.69, 9.17) is 5.11 Å². The van der Waals surface area contributed by atoms with Crippen LogP contribution in [0.25, 0.3) is 0 Å². The Morgan fingerprint density at radius 3 is 2.61 bits per heavy atom. The minimum absolute atomic E-state index is 0.274.